The van der Waals surface area contributed by atoms with Gasteiger partial charge < -0.3 is 5.11 Å². The van der Waals surface area contributed by atoms with E-state index in [4.69, 9.17) is 5.11 Å². The van der Waals surface area contributed by atoms with Crippen molar-refractivity contribution >= 4 is 21.9 Å². The highest BCUT2D eigenvalue weighted by Gasteiger charge is 2.30. The number of anilines is 1. The zero-order chi connectivity index (χ0) is 15.6. The number of carbonyl (C=O) groups is 1. The highest BCUT2D eigenvalue weighted by atomic mass is 32.2. The minimum absolute atomic E-state index is 0.0424. The lowest BCUT2D eigenvalue weighted by Crippen LogP contribution is -2.44. The van der Waals surface area contributed by atoms with Crippen LogP contribution in [0.3, 0.4) is 0 Å². The van der Waals surface area contributed by atoms with E-state index in [0.717, 1.165) is 19.3 Å². The Bertz CT molecular complexity index is 642. The molecule has 0 spiro atoms. The van der Waals surface area contributed by atoms with Crippen LogP contribution < -0.4 is 4.72 Å². The highest BCUT2D eigenvalue weighted by molar-refractivity contribution is 7.90. The molecule has 21 heavy (non-hydrogen) atoms. The van der Waals surface area contributed by atoms with Gasteiger partial charge in [0.15, 0.2) is 0 Å². The van der Waals surface area contributed by atoms with Crippen molar-refractivity contribution < 1.29 is 18.3 Å². The fourth-order valence-corrected chi connectivity index (χ4v) is 4.17. The molecule has 0 aromatic heterocycles. The molecule has 0 radical (unpaired) electrons. The normalized spacial score (nSPS) is 20.2. The molecular formula is C14H20N2O4S. The molecule has 1 aliphatic rings. The molecule has 2 rings (SSSR count). The van der Waals surface area contributed by atoms with Crippen LogP contribution in [0.2, 0.25) is 0 Å². The third kappa shape index (κ3) is 3.36. The number of hydrogen-bond acceptors (Lipinski definition) is 3. The minimum atomic E-state index is -3.66. The van der Waals surface area contributed by atoms with E-state index in [0.29, 0.717) is 17.8 Å². The van der Waals surface area contributed by atoms with E-state index in [2.05, 4.69) is 4.72 Å². The highest BCUT2D eigenvalue weighted by Crippen LogP contribution is 2.24. The number of piperidine rings is 1. The fourth-order valence-electron chi connectivity index (χ4n) is 2.60. The molecule has 1 aliphatic heterocycles. The summed E-state index contributed by atoms with van der Waals surface area (Å²) in [7, 11) is -3.66. The number of rotatable bonds is 4. The second-order valence-corrected chi connectivity index (χ2v) is 6.97. The van der Waals surface area contributed by atoms with Gasteiger partial charge in [0, 0.05) is 12.6 Å². The molecule has 7 heteroatoms. The number of hydrogen-bond donors (Lipinski definition) is 2. The van der Waals surface area contributed by atoms with Crippen molar-refractivity contribution in [2.45, 2.75) is 39.2 Å². The average molecular weight is 312 g/mol. The maximum atomic E-state index is 12.5. The Labute approximate surface area is 125 Å². The van der Waals surface area contributed by atoms with Gasteiger partial charge in [0.05, 0.1) is 11.3 Å². The van der Waals surface area contributed by atoms with Crippen LogP contribution in [-0.4, -0.2) is 36.4 Å². The summed E-state index contributed by atoms with van der Waals surface area (Å²) in [5.74, 6) is -1.07. The van der Waals surface area contributed by atoms with Crippen LogP contribution in [-0.2, 0) is 10.2 Å². The van der Waals surface area contributed by atoms with Crippen LogP contribution >= 0.6 is 0 Å². The lowest BCUT2D eigenvalue weighted by atomic mass is 10.1. The lowest BCUT2D eigenvalue weighted by molar-refractivity contribution is 0.0696. The molecule has 2 N–H and O–H groups in total. The lowest BCUT2D eigenvalue weighted by Gasteiger charge is -2.32. The van der Waals surface area contributed by atoms with Crippen molar-refractivity contribution in [2.75, 3.05) is 11.3 Å². The molecular weight excluding hydrogens is 292 g/mol. The molecule has 1 fully saturated rings. The Hall–Kier alpha value is -1.60. The van der Waals surface area contributed by atoms with Crippen molar-refractivity contribution in [1.82, 2.24) is 4.31 Å². The number of nitrogens with zero attached hydrogens (tertiary/aromatic N) is 1. The Balaban J connectivity index is 2.28. The van der Waals surface area contributed by atoms with Crippen molar-refractivity contribution in [3.05, 3.63) is 29.3 Å². The Morgan fingerprint density at radius 2 is 2.10 bits per heavy atom. The maximum Gasteiger partial charge on any atom is 0.336 e. The molecule has 6 nitrogen and oxygen atoms in total. The van der Waals surface area contributed by atoms with Gasteiger partial charge in [0.1, 0.15) is 0 Å². The summed E-state index contributed by atoms with van der Waals surface area (Å²) in [4.78, 5) is 11.1. The Kier molecular flexibility index (Phi) is 4.53. The van der Waals surface area contributed by atoms with E-state index in [1.165, 1.54) is 16.4 Å². The predicted octanol–water partition coefficient (Wildman–Crippen LogP) is 2.22. The van der Waals surface area contributed by atoms with E-state index in [1.807, 2.05) is 6.92 Å². The van der Waals surface area contributed by atoms with Gasteiger partial charge in [-0.3, -0.25) is 4.72 Å². The number of carboxylic acid groups (broad SMARTS) is 1. The summed E-state index contributed by atoms with van der Waals surface area (Å²) >= 11 is 0. The van der Waals surface area contributed by atoms with Gasteiger partial charge in [0.2, 0.25) is 0 Å². The van der Waals surface area contributed by atoms with Crippen LogP contribution in [0.4, 0.5) is 5.69 Å². The van der Waals surface area contributed by atoms with Crippen LogP contribution in [0.5, 0.6) is 0 Å². The second kappa shape index (κ2) is 6.03. The Morgan fingerprint density at radius 3 is 2.71 bits per heavy atom. The van der Waals surface area contributed by atoms with Crippen LogP contribution in [0.15, 0.2) is 18.2 Å². The Morgan fingerprint density at radius 1 is 1.38 bits per heavy atom. The van der Waals surface area contributed by atoms with Crippen molar-refractivity contribution in [1.29, 1.82) is 0 Å². The quantitative estimate of drug-likeness (QED) is 0.892. The number of carboxylic acids is 1. The first kappa shape index (κ1) is 15.8. The smallest absolute Gasteiger partial charge is 0.336 e. The van der Waals surface area contributed by atoms with Gasteiger partial charge in [0.25, 0.3) is 0 Å². The van der Waals surface area contributed by atoms with Crippen LogP contribution in [0, 0.1) is 6.92 Å². The van der Waals surface area contributed by atoms with Crippen molar-refractivity contribution in [3.63, 3.8) is 0 Å². The summed E-state index contributed by atoms with van der Waals surface area (Å²) < 4.78 is 28.9. The topological polar surface area (TPSA) is 86.7 Å². The van der Waals surface area contributed by atoms with Crippen LogP contribution in [0.25, 0.3) is 0 Å². The molecule has 1 aromatic carbocycles. The van der Waals surface area contributed by atoms with Gasteiger partial charge in [-0.25, -0.2) is 4.79 Å². The second-order valence-electron chi connectivity index (χ2n) is 5.35. The first-order valence-electron chi connectivity index (χ1n) is 6.95. The standard InChI is InChI=1S/C14H20N2O4S/c1-10-6-3-4-9-16(10)21(19,20)15-13-8-5-7-12(11(13)2)14(17)18/h5,7-8,10,15H,3-4,6,9H2,1-2H3,(H,17,18). The van der Waals surface area contributed by atoms with E-state index >= 15 is 0 Å². The largest absolute Gasteiger partial charge is 0.478 e. The summed E-state index contributed by atoms with van der Waals surface area (Å²) in [5.41, 5.74) is 0.827. The zero-order valence-electron chi connectivity index (χ0n) is 12.2. The molecule has 1 unspecified atom stereocenters. The van der Waals surface area contributed by atoms with Gasteiger partial charge in [-0.1, -0.05) is 12.5 Å². The van der Waals surface area contributed by atoms with E-state index < -0.39 is 16.2 Å². The average Bonchev–Trinajstić information content (AvgIpc) is 2.41. The minimum Gasteiger partial charge on any atom is -0.478 e. The third-order valence-electron chi connectivity index (χ3n) is 3.85. The molecule has 1 aromatic rings. The molecule has 1 heterocycles. The predicted molar refractivity (Wildman–Crippen MR) is 80.7 cm³/mol. The summed E-state index contributed by atoms with van der Waals surface area (Å²) in [6, 6.07) is 4.53. The molecule has 0 saturated carbocycles. The summed E-state index contributed by atoms with van der Waals surface area (Å²) in [6.07, 6.45) is 2.72. The molecule has 0 aliphatic carbocycles. The molecule has 116 valence electrons. The maximum absolute atomic E-state index is 12.5. The monoisotopic (exact) mass is 312 g/mol. The van der Waals surface area contributed by atoms with Gasteiger partial charge >= 0.3 is 16.2 Å². The summed E-state index contributed by atoms with van der Waals surface area (Å²) in [6.45, 7) is 3.98. The first-order chi connectivity index (χ1) is 9.83. The van der Waals surface area contributed by atoms with E-state index in [-0.39, 0.29) is 11.6 Å². The van der Waals surface area contributed by atoms with Gasteiger partial charge in [-0.15, -0.1) is 0 Å². The third-order valence-corrected chi connectivity index (χ3v) is 5.49. The summed E-state index contributed by atoms with van der Waals surface area (Å²) in [5, 5.41) is 9.09. The van der Waals surface area contributed by atoms with E-state index in [9.17, 15) is 13.2 Å². The fraction of sp³-hybridized carbons (Fsp3) is 0.500. The molecule has 1 atom stereocenters. The molecule has 0 bridgehead atoms. The van der Waals surface area contributed by atoms with Crippen LogP contribution in [0.1, 0.15) is 42.1 Å². The zero-order valence-corrected chi connectivity index (χ0v) is 13.0. The molecule has 0 amide bonds. The molecule has 1 saturated heterocycles. The van der Waals surface area contributed by atoms with Gasteiger partial charge in [-0.2, -0.15) is 12.7 Å². The SMILES string of the molecule is Cc1c(NS(=O)(=O)N2CCCCC2C)cccc1C(=O)O. The number of benzene rings is 1. The van der Waals surface area contributed by atoms with Crippen molar-refractivity contribution in [2.24, 2.45) is 0 Å². The number of aromatic carboxylic acids is 1. The van der Waals surface area contributed by atoms with Crippen molar-refractivity contribution in [3.8, 4) is 0 Å². The van der Waals surface area contributed by atoms with Gasteiger partial charge in [-0.05, 0) is 44.4 Å². The first-order valence-corrected chi connectivity index (χ1v) is 8.39. The van der Waals surface area contributed by atoms with E-state index in [1.54, 1.807) is 13.0 Å². The number of nitrogens with one attached hydrogen (secondary N) is 1.